The molecule has 0 aliphatic rings. The summed E-state index contributed by atoms with van der Waals surface area (Å²) in [6.07, 6.45) is 3.35. The quantitative estimate of drug-likeness (QED) is 0.749. The van der Waals surface area contributed by atoms with E-state index >= 15 is 0 Å². The van der Waals surface area contributed by atoms with Crippen molar-refractivity contribution in [2.45, 2.75) is 6.54 Å². The minimum atomic E-state index is -0.159. The lowest BCUT2D eigenvalue weighted by molar-refractivity contribution is -0.125. The Hall–Kier alpha value is -2.66. The fraction of sp³-hybridized carbons (Fsp3) is 0.111. The SMILES string of the molecule is CN(Cc1cc(=O)[nH]c2ccccc12)C(=O)C=Cc1ccsc1. The summed E-state index contributed by atoms with van der Waals surface area (Å²) >= 11 is 1.59. The van der Waals surface area contributed by atoms with Crippen molar-refractivity contribution in [1.29, 1.82) is 0 Å². The van der Waals surface area contributed by atoms with Gasteiger partial charge in [0.15, 0.2) is 0 Å². The summed E-state index contributed by atoms with van der Waals surface area (Å²) < 4.78 is 0. The molecule has 2 aromatic heterocycles. The smallest absolute Gasteiger partial charge is 0.248 e. The molecule has 0 fully saturated rings. The second-order valence-electron chi connectivity index (χ2n) is 5.29. The van der Waals surface area contributed by atoms with Crippen LogP contribution in [0.3, 0.4) is 0 Å². The van der Waals surface area contributed by atoms with Crippen molar-refractivity contribution in [3.8, 4) is 0 Å². The molecule has 1 N–H and O–H groups in total. The number of nitrogens with zero attached hydrogens (tertiary/aromatic N) is 1. The molecule has 0 aliphatic heterocycles. The van der Waals surface area contributed by atoms with Crippen molar-refractivity contribution in [2.75, 3.05) is 7.05 Å². The highest BCUT2D eigenvalue weighted by Crippen LogP contribution is 2.16. The van der Waals surface area contributed by atoms with E-state index in [1.165, 1.54) is 0 Å². The van der Waals surface area contributed by atoms with Gasteiger partial charge in [-0.25, -0.2) is 0 Å². The largest absolute Gasteiger partial charge is 0.338 e. The molecule has 1 aromatic carbocycles. The first-order valence-electron chi connectivity index (χ1n) is 7.20. The van der Waals surface area contributed by atoms with Crippen LogP contribution >= 0.6 is 11.3 Å². The Morgan fingerprint density at radius 2 is 2.13 bits per heavy atom. The Morgan fingerprint density at radius 1 is 1.30 bits per heavy atom. The molecular weight excluding hydrogens is 308 g/mol. The number of pyridine rings is 1. The Labute approximate surface area is 137 Å². The van der Waals surface area contributed by atoms with Crippen LogP contribution in [0.1, 0.15) is 11.1 Å². The number of H-pyrrole nitrogens is 1. The molecule has 1 amide bonds. The Kier molecular flexibility index (Phi) is 4.39. The molecule has 0 unspecified atom stereocenters. The van der Waals surface area contributed by atoms with Crippen molar-refractivity contribution in [1.82, 2.24) is 9.88 Å². The molecule has 4 nitrogen and oxygen atoms in total. The van der Waals surface area contributed by atoms with Gasteiger partial charge in [-0.15, -0.1) is 0 Å². The van der Waals surface area contributed by atoms with Gasteiger partial charge in [-0.3, -0.25) is 9.59 Å². The van der Waals surface area contributed by atoms with Crippen LogP contribution in [0.2, 0.25) is 0 Å². The zero-order chi connectivity index (χ0) is 16.2. The van der Waals surface area contributed by atoms with Gasteiger partial charge in [0.05, 0.1) is 0 Å². The van der Waals surface area contributed by atoms with Gasteiger partial charge in [-0.2, -0.15) is 11.3 Å². The van der Waals surface area contributed by atoms with Gasteiger partial charge in [-0.1, -0.05) is 18.2 Å². The number of thiophene rings is 1. The number of carbonyl (C=O) groups is 1. The maximum atomic E-state index is 12.2. The van der Waals surface area contributed by atoms with Crippen LogP contribution < -0.4 is 5.56 Å². The fourth-order valence-corrected chi connectivity index (χ4v) is 3.03. The van der Waals surface area contributed by atoms with E-state index in [2.05, 4.69) is 4.98 Å². The monoisotopic (exact) mass is 324 g/mol. The molecule has 0 radical (unpaired) electrons. The summed E-state index contributed by atoms with van der Waals surface area (Å²) in [5.74, 6) is -0.0967. The topological polar surface area (TPSA) is 53.2 Å². The number of hydrogen-bond donors (Lipinski definition) is 1. The van der Waals surface area contributed by atoms with Crippen LogP contribution in [0.25, 0.3) is 17.0 Å². The Balaban J connectivity index is 1.81. The molecule has 0 aliphatic carbocycles. The van der Waals surface area contributed by atoms with E-state index < -0.39 is 0 Å². The van der Waals surface area contributed by atoms with E-state index in [1.807, 2.05) is 41.1 Å². The zero-order valence-corrected chi connectivity index (χ0v) is 13.5. The Morgan fingerprint density at radius 3 is 2.91 bits per heavy atom. The van der Waals surface area contributed by atoms with Gasteiger partial charge in [0.25, 0.3) is 0 Å². The van der Waals surface area contributed by atoms with Crippen molar-refractivity contribution in [3.05, 3.63) is 74.7 Å². The van der Waals surface area contributed by atoms with E-state index in [1.54, 1.807) is 41.5 Å². The van der Waals surface area contributed by atoms with Crippen LogP contribution in [0.4, 0.5) is 0 Å². The van der Waals surface area contributed by atoms with Gasteiger partial charge in [0.1, 0.15) is 0 Å². The van der Waals surface area contributed by atoms with Gasteiger partial charge in [-0.05, 0) is 40.1 Å². The van der Waals surface area contributed by atoms with Crippen molar-refractivity contribution in [3.63, 3.8) is 0 Å². The van der Waals surface area contributed by atoms with E-state index in [-0.39, 0.29) is 11.5 Å². The van der Waals surface area contributed by atoms with Crippen LogP contribution in [-0.2, 0) is 11.3 Å². The van der Waals surface area contributed by atoms with Crippen molar-refractivity contribution >= 4 is 34.2 Å². The average molecular weight is 324 g/mol. The van der Waals surface area contributed by atoms with Gasteiger partial charge in [0.2, 0.25) is 11.5 Å². The van der Waals surface area contributed by atoms with E-state index in [9.17, 15) is 9.59 Å². The molecule has 23 heavy (non-hydrogen) atoms. The zero-order valence-electron chi connectivity index (χ0n) is 12.7. The summed E-state index contributed by atoms with van der Waals surface area (Å²) in [5.41, 5.74) is 2.47. The van der Waals surface area contributed by atoms with E-state index in [0.29, 0.717) is 6.54 Å². The average Bonchev–Trinajstić information content (AvgIpc) is 3.05. The number of aromatic amines is 1. The molecular formula is C18H16N2O2S. The molecule has 0 bridgehead atoms. The number of aromatic nitrogens is 1. The van der Waals surface area contributed by atoms with Crippen molar-refractivity contribution < 1.29 is 4.79 Å². The lowest BCUT2D eigenvalue weighted by atomic mass is 10.1. The number of carbonyl (C=O) groups excluding carboxylic acids is 1. The summed E-state index contributed by atoms with van der Waals surface area (Å²) in [4.78, 5) is 28.4. The molecule has 0 saturated carbocycles. The highest BCUT2D eigenvalue weighted by molar-refractivity contribution is 7.08. The summed E-state index contributed by atoms with van der Waals surface area (Å²) in [7, 11) is 1.73. The Bertz CT molecular complexity index is 910. The lowest BCUT2D eigenvalue weighted by Gasteiger charge is -2.16. The number of likely N-dealkylation sites (N-methyl/N-ethyl adjacent to an activating group) is 1. The fourth-order valence-electron chi connectivity index (χ4n) is 2.41. The van der Waals surface area contributed by atoms with Crippen LogP contribution in [-0.4, -0.2) is 22.8 Å². The molecule has 0 saturated heterocycles. The first-order valence-corrected chi connectivity index (χ1v) is 8.14. The molecule has 3 aromatic rings. The van der Waals surface area contributed by atoms with Crippen LogP contribution in [0, 0.1) is 0 Å². The second-order valence-corrected chi connectivity index (χ2v) is 6.07. The van der Waals surface area contributed by atoms with Crippen LogP contribution in [0.5, 0.6) is 0 Å². The maximum Gasteiger partial charge on any atom is 0.248 e. The van der Waals surface area contributed by atoms with E-state index in [4.69, 9.17) is 0 Å². The van der Waals surface area contributed by atoms with Crippen LogP contribution in [0.15, 0.2) is 58.0 Å². The number of amides is 1. The molecule has 0 spiro atoms. The number of nitrogens with one attached hydrogen (secondary N) is 1. The van der Waals surface area contributed by atoms with Gasteiger partial charge >= 0.3 is 0 Å². The summed E-state index contributed by atoms with van der Waals surface area (Å²) in [6, 6.07) is 11.1. The number of rotatable bonds is 4. The minimum absolute atomic E-state index is 0.0967. The third-order valence-electron chi connectivity index (χ3n) is 3.58. The lowest BCUT2D eigenvalue weighted by Crippen LogP contribution is -2.25. The third-order valence-corrected chi connectivity index (χ3v) is 4.28. The van der Waals surface area contributed by atoms with E-state index in [0.717, 1.165) is 22.0 Å². The first kappa shape index (κ1) is 15.2. The molecule has 0 atom stereocenters. The molecule has 2 heterocycles. The number of benzene rings is 1. The van der Waals surface area contributed by atoms with Gasteiger partial charge in [0, 0.05) is 36.6 Å². The normalized spacial score (nSPS) is 11.2. The highest BCUT2D eigenvalue weighted by atomic mass is 32.1. The van der Waals surface area contributed by atoms with Gasteiger partial charge < -0.3 is 9.88 Å². The highest BCUT2D eigenvalue weighted by Gasteiger charge is 2.09. The molecule has 116 valence electrons. The van der Waals surface area contributed by atoms with Crippen molar-refractivity contribution in [2.24, 2.45) is 0 Å². The number of fused-ring (bicyclic) bond motifs is 1. The second kappa shape index (κ2) is 6.62. The standard InChI is InChI=1S/C18H16N2O2S/c1-20(18(22)7-6-13-8-9-23-12-13)11-14-10-17(21)19-16-5-3-2-4-15(14)16/h2-10,12H,11H2,1H3,(H,19,21). The summed E-state index contributed by atoms with van der Waals surface area (Å²) in [5, 5.41) is 4.90. The number of hydrogen-bond acceptors (Lipinski definition) is 3. The molecule has 3 rings (SSSR count). The first-order chi connectivity index (χ1) is 11.1. The third kappa shape index (κ3) is 3.57. The maximum absolute atomic E-state index is 12.2. The number of para-hydroxylation sites is 1. The predicted octanol–water partition coefficient (Wildman–Crippen LogP) is 3.26. The summed E-state index contributed by atoms with van der Waals surface area (Å²) in [6.45, 7) is 0.386. The predicted molar refractivity (Wildman–Crippen MR) is 94.4 cm³/mol. The minimum Gasteiger partial charge on any atom is -0.338 e. The molecule has 5 heteroatoms.